The fraction of sp³-hybridized carbons (Fsp3) is 0.0909. The van der Waals surface area contributed by atoms with Crippen LogP contribution in [0.15, 0.2) is 64.8 Å². The van der Waals surface area contributed by atoms with Crippen molar-refractivity contribution in [2.75, 3.05) is 5.32 Å². The van der Waals surface area contributed by atoms with Crippen LogP contribution in [0.3, 0.4) is 0 Å². The second kappa shape index (κ2) is 7.85. The Morgan fingerprint density at radius 2 is 1.93 bits per heavy atom. The van der Waals surface area contributed by atoms with E-state index in [9.17, 15) is 10.1 Å². The molecule has 0 bridgehead atoms. The minimum atomic E-state index is -0.0850. The van der Waals surface area contributed by atoms with Crippen LogP contribution in [-0.4, -0.2) is 4.57 Å². The molecule has 2 aromatic carbocycles. The van der Waals surface area contributed by atoms with Gasteiger partial charge in [-0.3, -0.25) is 9.36 Å². The molecule has 0 spiro atoms. The maximum Gasteiger partial charge on any atom is 0.270 e. The predicted molar refractivity (Wildman–Crippen MR) is 118 cm³/mol. The summed E-state index contributed by atoms with van der Waals surface area (Å²) < 4.78 is 4.08. The van der Waals surface area contributed by atoms with Gasteiger partial charge >= 0.3 is 0 Å². The second-order valence-corrected chi connectivity index (χ2v) is 8.05. The number of aromatic nitrogens is 1. The van der Waals surface area contributed by atoms with Crippen molar-refractivity contribution in [3.05, 3.63) is 85.1 Å². The molecule has 28 heavy (non-hydrogen) atoms. The van der Waals surface area contributed by atoms with Crippen LogP contribution in [0.2, 0.25) is 0 Å². The Morgan fingerprint density at radius 1 is 1.18 bits per heavy atom. The Kier molecular flexibility index (Phi) is 5.11. The van der Waals surface area contributed by atoms with E-state index in [2.05, 4.69) is 11.4 Å². The summed E-state index contributed by atoms with van der Waals surface area (Å²) in [6, 6.07) is 20.1. The molecule has 4 aromatic rings. The highest BCUT2D eigenvalue weighted by Crippen LogP contribution is 2.29. The zero-order chi connectivity index (χ0) is 19.5. The van der Waals surface area contributed by atoms with Gasteiger partial charge in [0.05, 0.1) is 5.57 Å². The van der Waals surface area contributed by atoms with E-state index in [0.717, 1.165) is 21.3 Å². The van der Waals surface area contributed by atoms with Crippen LogP contribution in [0.25, 0.3) is 21.9 Å². The van der Waals surface area contributed by atoms with Crippen LogP contribution >= 0.6 is 22.7 Å². The van der Waals surface area contributed by atoms with Crippen molar-refractivity contribution >= 4 is 50.2 Å². The highest BCUT2D eigenvalue weighted by Gasteiger charge is 2.13. The molecule has 0 amide bonds. The number of thiophene rings is 1. The van der Waals surface area contributed by atoms with E-state index < -0.39 is 0 Å². The van der Waals surface area contributed by atoms with Gasteiger partial charge in [-0.1, -0.05) is 36.4 Å². The van der Waals surface area contributed by atoms with Crippen LogP contribution in [0.1, 0.15) is 12.5 Å². The third-order valence-electron chi connectivity index (χ3n) is 4.44. The van der Waals surface area contributed by atoms with E-state index >= 15 is 0 Å². The van der Waals surface area contributed by atoms with Gasteiger partial charge < -0.3 is 5.32 Å². The normalized spacial score (nSPS) is 12.8. The fourth-order valence-electron chi connectivity index (χ4n) is 3.07. The zero-order valence-electron chi connectivity index (χ0n) is 15.2. The monoisotopic (exact) mass is 403 g/mol. The summed E-state index contributed by atoms with van der Waals surface area (Å²) in [4.78, 5) is 12.9. The molecule has 0 radical (unpaired) electrons. The molecule has 0 aliphatic rings. The molecule has 6 heteroatoms. The number of nitrogens with zero attached hydrogens (tertiary/aromatic N) is 2. The van der Waals surface area contributed by atoms with Gasteiger partial charge in [-0.05, 0) is 25.1 Å². The summed E-state index contributed by atoms with van der Waals surface area (Å²) in [5, 5.41) is 16.1. The average Bonchev–Trinajstić information content (AvgIpc) is 3.29. The average molecular weight is 404 g/mol. The van der Waals surface area contributed by atoms with Crippen molar-refractivity contribution in [3.63, 3.8) is 0 Å². The van der Waals surface area contributed by atoms with Gasteiger partial charge in [-0.15, -0.1) is 22.7 Å². The summed E-state index contributed by atoms with van der Waals surface area (Å²) in [5.41, 5.74) is 2.25. The first kappa shape index (κ1) is 18.2. The summed E-state index contributed by atoms with van der Waals surface area (Å²) in [6.07, 6.45) is 1.72. The van der Waals surface area contributed by atoms with Gasteiger partial charge in [0.15, 0.2) is 0 Å². The highest BCUT2D eigenvalue weighted by atomic mass is 32.1. The number of benzene rings is 2. The number of para-hydroxylation sites is 1. The quantitative estimate of drug-likeness (QED) is 0.565. The summed E-state index contributed by atoms with van der Waals surface area (Å²) >= 11 is 2.96. The standard InChI is InChI=1S/C22H17N3OS2/c1-2-25-21(26)20(13-24-15-8-4-3-5-9-15)28-22(25)17(12-23)18-14-27-19-11-7-6-10-16(18)19/h3-11,13-14,24H,2H2,1H3. The van der Waals surface area contributed by atoms with Crippen molar-refractivity contribution in [1.82, 2.24) is 4.57 Å². The number of nitriles is 1. The first-order valence-electron chi connectivity index (χ1n) is 8.85. The van der Waals surface area contributed by atoms with E-state index in [1.54, 1.807) is 22.1 Å². The number of nitrogens with one attached hydrogen (secondary N) is 1. The largest absolute Gasteiger partial charge is 0.360 e. The highest BCUT2D eigenvalue weighted by molar-refractivity contribution is 7.17. The molecule has 0 aliphatic heterocycles. The van der Waals surface area contributed by atoms with E-state index in [4.69, 9.17) is 0 Å². The van der Waals surface area contributed by atoms with E-state index in [0.29, 0.717) is 21.3 Å². The SMILES string of the molecule is CCn1c(=C(C#N)c2csc3ccccc23)sc(=CNc2ccccc2)c1=O. The van der Waals surface area contributed by atoms with Crippen molar-refractivity contribution in [1.29, 1.82) is 5.26 Å². The third-order valence-corrected chi connectivity index (χ3v) is 6.54. The molecule has 0 atom stereocenters. The van der Waals surface area contributed by atoms with E-state index in [1.807, 2.05) is 66.9 Å². The molecule has 4 nitrogen and oxygen atoms in total. The molecule has 0 unspecified atom stereocenters. The van der Waals surface area contributed by atoms with Crippen molar-refractivity contribution in [3.8, 4) is 6.07 Å². The number of rotatable bonds is 4. The maximum atomic E-state index is 12.9. The maximum absolute atomic E-state index is 12.9. The third kappa shape index (κ3) is 3.26. The van der Waals surface area contributed by atoms with Crippen LogP contribution in [0, 0.1) is 11.3 Å². The van der Waals surface area contributed by atoms with Crippen LogP contribution < -0.4 is 20.1 Å². The molecule has 2 heterocycles. The Labute approximate surface area is 169 Å². The van der Waals surface area contributed by atoms with E-state index in [-0.39, 0.29) is 5.56 Å². The lowest BCUT2D eigenvalue weighted by Gasteiger charge is -1.99. The summed E-state index contributed by atoms with van der Waals surface area (Å²) in [6.45, 7) is 2.43. The molecule has 1 N–H and O–H groups in total. The molecule has 138 valence electrons. The molecular weight excluding hydrogens is 386 g/mol. The Hall–Kier alpha value is -3.14. The minimum absolute atomic E-state index is 0.0850. The molecule has 0 aliphatic carbocycles. The van der Waals surface area contributed by atoms with Crippen molar-refractivity contribution in [2.24, 2.45) is 0 Å². The molecule has 0 saturated carbocycles. The van der Waals surface area contributed by atoms with E-state index in [1.165, 1.54) is 11.3 Å². The molecule has 0 saturated heterocycles. The van der Waals surface area contributed by atoms with Crippen molar-refractivity contribution in [2.45, 2.75) is 13.5 Å². The number of hydrogen-bond donors (Lipinski definition) is 1. The van der Waals surface area contributed by atoms with Gasteiger partial charge in [-0.25, -0.2) is 0 Å². The van der Waals surface area contributed by atoms with Gasteiger partial charge in [0.25, 0.3) is 5.56 Å². The minimum Gasteiger partial charge on any atom is -0.360 e. The van der Waals surface area contributed by atoms with Crippen molar-refractivity contribution < 1.29 is 0 Å². The number of hydrogen-bond acceptors (Lipinski definition) is 5. The fourth-order valence-corrected chi connectivity index (χ4v) is 5.13. The topological polar surface area (TPSA) is 57.8 Å². The van der Waals surface area contributed by atoms with Gasteiger partial charge in [0.1, 0.15) is 15.3 Å². The van der Waals surface area contributed by atoms with Crippen LogP contribution in [-0.2, 0) is 6.54 Å². The van der Waals surface area contributed by atoms with Gasteiger partial charge in [0.2, 0.25) is 0 Å². The number of fused-ring (bicyclic) bond motifs is 1. The lowest BCUT2D eigenvalue weighted by atomic mass is 10.1. The summed E-state index contributed by atoms with van der Waals surface area (Å²) in [5.74, 6) is 0. The smallest absolute Gasteiger partial charge is 0.270 e. The van der Waals surface area contributed by atoms with Gasteiger partial charge in [-0.2, -0.15) is 5.26 Å². The second-order valence-electron chi connectivity index (χ2n) is 6.11. The van der Waals surface area contributed by atoms with Crippen LogP contribution in [0.5, 0.6) is 0 Å². The van der Waals surface area contributed by atoms with Gasteiger partial charge in [0, 0.05) is 39.5 Å². The summed E-state index contributed by atoms with van der Waals surface area (Å²) in [7, 11) is 0. The predicted octanol–water partition coefficient (Wildman–Crippen LogP) is 3.72. The van der Waals surface area contributed by atoms with Crippen LogP contribution in [0.4, 0.5) is 5.69 Å². The molecule has 4 rings (SSSR count). The first-order chi connectivity index (χ1) is 13.7. The Morgan fingerprint density at radius 3 is 2.68 bits per heavy atom. The number of thiazole rings is 1. The number of anilines is 1. The first-order valence-corrected chi connectivity index (χ1v) is 10.5. The Balaban J connectivity index is 1.93. The zero-order valence-corrected chi connectivity index (χ0v) is 16.8. The molecular formula is C22H17N3OS2. The lowest BCUT2D eigenvalue weighted by Crippen LogP contribution is -2.31. The molecule has 2 aromatic heterocycles. The molecule has 0 fully saturated rings. The Bertz CT molecular complexity index is 1350. The lowest BCUT2D eigenvalue weighted by molar-refractivity contribution is 0.722.